The maximum atomic E-state index is 14.8. The predicted molar refractivity (Wildman–Crippen MR) is 125 cm³/mol. The van der Waals surface area contributed by atoms with Crippen molar-refractivity contribution in [2.75, 3.05) is 10.0 Å². The Hall–Kier alpha value is -3.78. The molecule has 1 heterocycles. The number of nitrogens with zero attached hydrogens (tertiary/aromatic N) is 1. The van der Waals surface area contributed by atoms with Crippen LogP contribution in [0.5, 0.6) is 0 Å². The van der Waals surface area contributed by atoms with E-state index in [4.69, 9.17) is 0 Å². The van der Waals surface area contributed by atoms with E-state index in [1.54, 1.807) is 54.6 Å². The molecule has 0 radical (unpaired) electrons. The standard InChI is InChI=1S/C25H20FN3O3S/c26-24-19-6-2-1-5-16(19)10-13-22(24)28-25(30)21-15-20(21)17-8-11-18(12-9-17)33(31,32)29-23-7-3-4-14-27-23/h1-14,20-21H,15H2,(H,27,29)(H,28,30)/t20-,21+/m0/s1. The molecule has 0 unspecified atom stereocenters. The zero-order valence-corrected chi connectivity index (χ0v) is 18.2. The average molecular weight is 462 g/mol. The molecule has 0 saturated heterocycles. The van der Waals surface area contributed by atoms with E-state index in [2.05, 4.69) is 15.0 Å². The highest BCUT2D eigenvalue weighted by molar-refractivity contribution is 7.92. The molecule has 0 aliphatic heterocycles. The van der Waals surface area contributed by atoms with Crippen molar-refractivity contribution in [3.05, 3.63) is 96.4 Å². The number of carbonyl (C=O) groups excluding carboxylic acids is 1. The first-order chi connectivity index (χ1) is 15.9. The van der Waals surface area contributed by atoms with Crippen molar-refractivity contribution < 1.29 is 17.6 Å². The minimum absolute atomic E-state index is 0.0333. The fourth-order valence-corrected chi connectivity index (χ4v) is 4.93. The van der Waals surface area contributed by atoms with E-state index in [-0.39, 0.29) is 34.1 Å². The number of fused-ring (bicyclic) bond motifs is 1. The van der Waals surface area contributed by atoms with Crippen LogP contribution in [0.1, 0.15) is 17.9 Å². The van der Waals surface area contributed by atoms with Crippen molar-refractivity contribution in [2.24, 2.45) is 5.92 Å². The third-order valence-electron chi connectivity index (χ3n) is 5.77. The van der Waals surface area contributed by atoms with Gasteiger partial charge in [0.15, 0.2) is 5.82 Å². The Morgan fingerprint density at radius 2 is 1.70 bits per heavy atom. The first kappa shape index (κ1) is 21.1. The van der Waals surface area contributed by atoms with Gasteiger partial charge in [0, 0.05) is 17.5 Å². The van der Waals surface area contributed by atoms with Crippen LogP contribution in [0.4, 0.5) is 15.9 Å². The van der Waals surface area contributed by atoms with Gasteiger partial charge in [-0.3, -0.25) is 9.52 Å². The first-order valence-electron chi connectivity index (χ1n) is 10.4. The van der Waals surface area contributed by atoms with Gasteiger partial charge in [0.2, 0.25) is 5.91 Å². The number of anilines is 2. The fraction of sp³-hybridized carbons (Fsp3) is 0.120. The van der Waals surface area contributed by atoms with Crippen molar-refractivity contribution in [3.8, 4) is 0 Å². The van der Waals surface area contributed by atoms with Crippen molar-refractivity contribution in [1.82, 2.24) is 4.98 Å². The molecule has 1 amide bonds. The normalized spacial score (nSPS) is 17.5. The van der Waals surface area contributed by atoms with Crippen molar-refractivity contribution in [3.63, 3.8) is 0 Å². The number of sulfonamides is 1. The molecule has 3 aromatic carbocycles. The topological polar surface area (TPSA) is 88.2 Å². The van der Waals surface area contributed by atoms with Gasteiger partial charge in [-0.1, -0.05) is 48.5 Å². The number of halogens is 1. The second-order valence-corrected chi connectivity index (χ2v) is 9.66. The largest absolute Gasteiger partial charge is 0.323 e. The van der Waals surface area contributed by atoms with Crippen molar-refractivity contribution in [1.29, 1.82) is 0 Å². The van der Waals surface area contributed by atoms with Crippen LogP contribution >= 0.6 is 0 Å². The average Bonchev–Trinajstić information content (AvgIpc) is 3.63. The van der Waals surface area contributed by atoms with Crippen molar-refractivity contribution in [2.45, 2.75) is 17.2 Å². The zero-order valence-electron chi connectivity index (χ0n) is 17.4. The summed E-state index contributed by atoms with van der Waals surface area (Å²) in [5, 5.41) is 3.93. The third-order valence-corrected chi connectivity index (χ3v) is 7.14. The number of amides is 1. The number of pyridine rings is 1. The number of hydrogen-bond donors (Lipinski definition) is 2. The van der Waals surface area contributed by atoms with Crippen LogP contribution < -0.4 is 10.0 Å². The summed E-state index contributed by atoms with van der Waals surface area (Å²) in [4.78, 5) is 16.8. The molecule has 0 spiro atoms. The van der Waals surface area contributed by atoms with E-state index >= 15 is 0 Å². The number of hydrogen-bond acceptors (Lipinski definition) is 4. The number of carbonyl (C=O) groups is 1. The molecule has 2 N–H and O–H groups in total. The van der Waals surface area contributed by atoms with Crippen molar-refractivity contribution >= 4 is 38.2 Å². The molecule has 6 nitrogen and oxygen atoms in total. The second-order valence-electron chi connectivity index (χ2n) is 7.98. The molecule has 2 atom stereocenters. The smallest absolute Gasteiger partial charge is 0.263 e. The number of aromatic nitrogens is 1. The zero-order chi connectivity index (χ0) is 23.0. The van der Waals surface area contributed by atoms with Gasteiger partial charge in [0.05, 0.1) is 10.6 Å². The maximum Gasteiger partial charge on any atom is 0.263 e. The Morgan fingerprint density at radius 1 is 0.939 bits per heavy atom. The molecule has 1 aromatic heterocycles. The maximum absolute atomic E-state index is 14.8. The Kier molecular flexibility index (Phi) is 5.30. The molecular weight excluding hydrogens is 441 g/mol. The van der Waals surface area contributed by atoms with E-state index in [0.717, 1.165) is 10.9 Å². The summed E-state index contributed by atoms with van der Waals surface area (Å²) in [6.45, 7) is 0. The molecule has 1 fully saturated rings. The molecule has 5 rings (SSSR count). The van der Waals surface area contributed by atoms with Gasteiger partial charge in [-0.25, -0.2) is 17.8 Å². The molecule has 1 aliphatic rings. The number of nitrogens with one attached hydrogen (secondary N) is 2. The summed E-state index contributed by atoms with van der Waals surface area (Å²) in [6.07, 6.45) is 2.13. The predicted octanol–water partition coefficient (Wildman–Crippen LogP) is 4.92. The van der Waals surface area contributed by atoms with E-state index < -0.39 is 15.8 Å². The molecule has 0 bridgehead atoms. The summed E-state index contributed by atoms with van der Waals surface area (Å²) in [6, 6.07) is 21.8. The van der Waals surface area contributed by atoms with Gasteiger partial charge >= 0.3 is 0 Å². The Morgan fingerprint density at radius 3 is 2.45 bits per heavy atom. The summed E-state index contributed by atoms with van der Waals surface area (Å²) in [5.41, 5.74) is 1.03. The number of rotatable bonds is 6. The van der Waals surface area contributed by atoms with Crippen LogP contribution in [0.2, 0.25) is 0 Å². The molecule has 4 aromatic rings. The summed E-state index contributed by atoms with van der Waals surface area (Å²) in [7, 11) is -3.76. The van der Waals surface area contributed by atoms with E-state index in [1.807, 2.05) is 12.1 Å². The van der Waals surface area contributed by atoms with Gasteiger partial charge in [0.25, 0.3) is 10.0 Å². The lowest BCUT2D eigenvalue weighted by atomic mass is 10.1. The highest BCUT2D eigenvalue weighted by Crippen LogP contribution is 2.48. The van der Waals surface area contributed by atoms with Crippen LogP contribution in [-0.2, 0) is 14.8 Å². The Balaban J connectivity index is 1.26. The highest BCUT2D eigenvalue weighted by Gasteiger charge is 2.44. The molecule has 33 heavy (non-hydrogen) atoms. The number of benzene rings is 3. The lowest BCUT2D eigenvalue weighted by Crippen LogP contribution is -2.16. The van der Waals surface area contributed by atoms with E-state index in [9.17, 15) is 17.6 Å². The minimum Gasteiger partial charge on any atom is -0.323 e. The van der Waals surface area contributed by atoms with E-state index in [1.165, 1.54) is 18.3 Å². The summed E-state index contributed by atoms with van der Waals surface area (Å²) >= 11 is 0. The van der Waals surface area contributed by atoms with Crippen LogP contribution in [0.25, 0.3) is 10.8 Å². The quantitative estimate of drug-likeness (QED) is 0.427. The molecule has 166 valence electrons. The van der Waals surface area contributed by atoms with Gasteiger partial charge in [-0.05, 0) is 53.6 Å². The third kappa shape index (κ3) is 4.29. The highest BCUT2D eigenvalue weighted by atomic mass is 32.2. The van der Waals surface area contributed by atoms with Gasteiger partial charge in [0.1, 0.15) is 5.82 Å². The van der Waals surface area contributed by atoms with Gasteiger partial charge in [-0.2, -0.15) is 0 Å². The lowest BCUT2D eigenvalue weighted by Gasteiger charge is -2.09. The Bertz CT molecular complexity index is 1440. The molecule has 1 saturated carbocycles. The van der Waals surface area contributed by atoms with Crippen LogP contribution in [-0.4, -0.2) is 19.3 Å². The first-order valence-corrected chi connectivity index (χ1v) is 11.9. The van der Waals surface area contributed by atoms with Crippen LogP contribution in [0.15, 0.2) is 90.0 Å². The van der Waals surface area contributed by atoms with Crippen LogP contribution in [0.3, 0.4) is 0 Å². The van der Waals surface area contributed by atoms with Gasteiger partial charge in [-0.15, -0.1) is 0 Å². The Labute approximate surface area is 190 Å². The fourth-order valence-electron chi connectivity index (χ4n) is 3.92. The van der Waals surface area contributed by atoms with Gasteiger partial charge < -0.3 is 5.32 Å². The molecule has 1 aliphatic carbocycles. The minimum atomic E-state index is -3.76. The lowest BCUT2D eigenvalue weighted by molar-refractivity contribution is -0.117. The second kappa shape index (κ2) is 8.29. The monoisotopic (exact) mass is 461 g/mol. The van der Waals surface area contributed by atoms with E-state index in [0.29, 0.717) is 11.8 Å². The SMILES string of the molecule is O=C(Nc1ccc2ccccc2c1F)[C@@H]1C[C@H]1c1ccc(S(=O)(=O)Nc2ccccn2)cc1. The molecule has 8 heteroatoms. The van der Waals surface area contributed by atoms with Crippen LogP contribution in [0, 0.1) is 11.7 Å². The summed E-state index contributed by atoms with van der Waals surface area (Å²) in [5.74, 6) is -0.781. The molecular formula is C25H20FN3O3S. The summed E-state index contributed by atoms with van der Waals surface area (Å²) < 4.78 is 42.3.